The number of methoxy groups -OCH3 is 1. The molecule has 0 unspecified atom stereocenters. The third kappa shape index (κ3) is 4.22. The Hall–Kier alpha value is -4.03. The summed E-state index contributed by atoms with van der Waals surface area (Å²) in [5.41, 5.74) is 1.91. The van der Waals surface area contributed by atoms with Gasteiger partial charge in [-0.15, -0.1) is 0 Å². The first-order valence-corrected chi connectivity index (χ1v) is 10.1. The molecule has 6 nitrogen and oxygen atoms in total. The summed E-state index contributed by atoms with van der Waals surface area (Å²) < 4.78 is 7.64. The molecular weight excluding hydrogens is 428 g/mol. The fourth-order valence-corrected chi connectivity index (χ4v) is 3.42. The summed E-state index contributed by atoms with van der Waals surface area (Å²) in [4.78, 5) is 26.3. The van der Waals surface area contributed by atoms with Gasteiger partial charge in [-0.1, -0.05) is 48.0 Å². The summed E-state index contributed by atoms with van der Waals surface area (Å²) in [5.74, 6) is -0.229. The number of benzene rings is 3. The number of rotatable bonds is 5. The first kappa shape index (κ1) is 21.2. The van der Waals surface area contributed by atoms with Crippen molar-refractivity contribution in [1.29, 1.82) is 0 Å². The molecule has 0 atom stereocenters. The van der Waals surface area contributed by atoms with Gasteiger partial charge >= 0.3 is 5.69 Å². The van der Waals surface area contributed by atoms with Crippen molar-refractivity contribution in [1.82, 2.24) is 9.13 Å². The molecule has 0 aliphatic heterocycles. The molecule has 0 saturated heterocycles. The van der Waals surface area contributed by atoms with Crippen LogP contribution in [0.5, 0.6) is 11.5 Å². The number of hydrogen-bond acceptors (Lipinski definition) is 4. The van der Waals surface area contributed by atoms with Crippen LogP contribution in [0.1, 0.15) is 10.4 Å². The highest BCUT2D eigenvalue weighted by atomic mass is 35.5. The minimum atomic E-state index is -0.512. The van der Waals surface area contributed by atoms with Crippen molar-refractivity contribution in [2.24, 2.45) is 0 Å². The number of halogens is 1. The standard InChI is InChI=1S/C25H19ClN2O4/c1-32-23-15-17(7-13-22(23)29)8-14-24(30)28-21(18-9-11-19(26)12-10-18)16-27(25(28)31)20-5-3-2-4-6-20/h2-16,29H,1H3/b14-8+. The number of ether oxygens (including phenoxy) is 1. The monoisotopic (exact) mass is 446 g/mol. The van der Waals surface area contributed by atoms with E-state index in [1.54, 1.807) is 60.8 Å². The number of aromatic nitrogens is 2. The Morgan fingerprint density at radius 1 is 1.03 bits per heavy atom. The SMILES string of the molecule is COc1cc(/C=C/C(=O)n2c(-c3ccc(Cl)cc3)cn(-c3ccccc3)c2=O)ccc1O. The quantitative estimate of drug-likeness (QED) is 0.436. The highest BCUT2D eigenvalue weighted by molar-refractivity contribution is 6.30. The number of imidazole rings is 1. The molecule has 0 fully saturated rings. The second kappa shape index (κ2) is 8.99. The van der Waals surface area contributed by atoms with Crippen LogP contribution >= 0.6 is 11.6 Å². The summed E-state index contributed by atoms with van der Waals surface area (Å²) >= 11 is 6.01. The van der Waals surface area contributed by atoms with Crippen LogP contribution in [0.25, 0.3) is 23.0 Å². The van der Waals surface area contributed by atoms with Gasteiger partial charge in [0.2, 0.25) is 0 Å². The van der Waals surface area contributed by atoms with E-state index < -0.39 is 11.6 Å². The lowest BCUT2D eigenvalue weighted by molar-refractivity contribution is 0.0967. The summed E-state index contributed by atoms with van der Waals surface area (Å²) in [6.45, 7) is 0. The van der Waals surface area contributed by atoms with Crippen LogP contribution in [0.15, 0.2) is 89.9 Å². The van der Waals surface area contributed by atoms with Crippen LogP contribution in [-0.2, 0) is 0 Å². The maximum Gasteiger partial charge on any atom is 0.340 e. The molecule has 0 saturated carbocycles. The van der Waals surface area contributed by atoms with Crippen molar-refractivity contribution in [2.75, 3.05) is 7.11 Å². The van der Waals surface area contributed by atoms with E-state index in [-0.39, 0.29) is 11.5 Å². The lowest BCUT2D eigenvalue weighted by Crippen LogP contribution is -2.27. The van der Waals surface area contributed by atoms with E-state index in [1.807, 2.05) is 18.2 Å². The molecule has 0 aliphatic rings. The molecule has 160 valence electrons. The summed E-state index contributed by atoms with van der Waals surface area (Å²) in [6, 6.07) is 20.7. The Bertz CT molecular complexity index is 1350. The average molecular weight is 447 g/mol. The van der Waals surface area contributed by atoms with Crippen molar-refractivity contribution in [3.8, 4) is 28.4 Å². The van der Waals surface area contributed by atoms with Gasteiger partial charge in [0, 0.05) is 22.9 Å². The number of para-hydroxylation sites is 1. The topological polar surface area (TPSA) is 73.5 Å². The van der Waals surface area contributed by atoms with Gasteiger partial charge in [0.15, 0.2) is 11.5 Å². The fourth-order valence-electron chi connectivity index (χ4n) is 3.30. The zero-order chi connectivity index (χ0) is 22.7. The number of carbonyl (C=O) groups excluding carboxylic acids is 1. The van der Waals surface area contributed by atoms with Crippen molar-refractivity contribution in [2.45, 2.75) is 0 Å². The molecule has 1 aromatic heterocycles. The number of hydrogen-bond donors (Lipinski definition) is 1. The van der Waals surface area contributed by atoms with Gasteiger partial charge in [0.05, 0.1) is 18.5 Å². The molecule has 0 amide bonds. The molecule has 1 heterocycles. The van der Waals surface area contributed by atoms with Gasteiger partial charge in [0.1, 0.15) is 0 Å². The van der Waals surface area contributed by atoms with E-state index in [0.717, 1.165) is 4.57 Å². The molecule has 0 spiro atoms. The Balaban J connectivity index is 1.79. The number of nitrogens with zero attached hydrogens (tertiary/aromatic N) is 2. The van der Waals surface area contributed by atoms with Crippen LogP contribution in [0.2, 0.25) is 5.02 Å². The number of phenolic OH excluding ortho intramolecular Hbond substituents is 1. The molecule has 4 aromatic rings. The van der Waals surface area contributed by atoms with Crippen LogP contribution in [0.4, 0.5) is 0 Å². The van der Waals surface area contributed by atoms with Gasteiger partial charge in [-0.25, -0.2) is 9.36 Å². The van der Waals surface area contributed by atoms with Gasteiger partial charge in [-0.05, 0) is 48.0 Å². The number of aromatic hydroxyl groups is 1. The summed E-state index contributed by atoms with van der Waals surface area (Å²) in [5, 5.41) is 10.3. The minimum Gasteiger partial charge on any atom is -0.504 e. The third-order valence-corrected chi connectivity index (χ3v) is 5.16. The largest absolute Gasteiger partial charge is 0.504 e. The molecule has 3 aromatic carbocycles. The van der Waals surface area contributed by atoms with Crippen LogP contribution in [-0.4, -0.2) is 27.3 Å². The third-order valence-electron chi connectivity index (χ3n) is 4.91. The van der Waals surface area contributed by atoms with E-state index in [0.29, 0.717) is 27.5 Å². The molecule has 32 heavy (non-hydrogen) atoms. The molecule has 0 radical (unpaired) electrons. The van der Waals surface area contributed by atoms with E-state index in [1.165, 1.54) is 23.8 Å². The van der Waals surface area contributed by atoms with Crippen molar-refractivity contribution < 1.29 is 14.6 Å². The van der Waals surface area contributed by atoms with Crippen molar-refractivity contribution in [3.63, 3.8) is 0 Å². The van der Waals surface area contributed by atoms with Crippen molar-refractivity contribution in [3.05, 3.63) is 106 Å². The maximum atomic E-state index is 13.2. The predicted molar refractivity (Wildman–Crippen MR) is 125 cm³/mol. The first-order valence-electron chi connectivity index (χ1n) is 9.73. The Labute approximate surface area is 189 Å². The molecule has 0 aliphatic carbocycles. The predicted octanol–water partition coefficient (Wildman–Crippen LogP) is 5.03. The first-order chi connectivity index (χ1) is 15.5. The number of carbonyl (C=O) groups is 1. The zero-order valence-corrected chi connectivity index (χ0v) is 17.9. The summed E-state index contributed by atoms with van der Waals surface area (Å²) in [7, 11) is 1.44. The molecule has 4 rings (SSSR count). The van der Waals surface area contributed by atoms with Gasteiger partial charge < -0.3 is 9.84 Å². The summed E-state index contributed by atoms with van der Waals surface area (Å²) in [6.07, 6.45) is 4.50. The Morgan fingerprint density at radius 3 is 2.44 bits per heavy atom. The molecular formula is C25H19ClN2O4. The lowest BCUT2D eigenvalue weighted by atomic mass is 10.1. The normalized spacial score (nSPS) is 11.1. The fraction of sp³-hybridized carbons (Fsp3) is 0.0400. The zero-order valence-electron chi connectivity index (χ0n) is 17.1. The van der Waals surface area contributed by atoms with E-state index in [2.05, 4.69) is 0 Å². The number of allylic oxidation sites excluding steroid dienone is 1. The average Bonchev–Trinajstić information content (AvgIpc) is 3.16. The van der Waals surface area contributed by atoms with Gasteiger partial charge in [-0.3, -0.25) is 9.36 Å². The second-order valence-electron chi connectivity index (χ2n) is 6.95. The van der Waals surface area contributed by atoms with E-state index >= 15 is 0 Å². The second-order valence-corrected chi connectivity index (χ2v) is 7.38. The highest BCUT2D eigenvalue weighted by Crippen LogP contribution is 2.27. The smallest absolute Gasteiger partial charge is 0.340 e. The maximum absolute atomic E-state index is 13.2. The Kier molecular flexibility index (Phi) is 5.96. The molecule has 7 heteroatoms. The van der Waals surface area contributed by atoms with E-state index in [4.69, 9.17) is 16.3 Å². The molecule has 1 N–H and O–H groups in total. The Morgan fingerprint density at radius 2 is 1.75 bits per heavy atom. The highest BCUT2D eigenvalue weighted by Gasteiger charge is 2.18. The van der Waals surface area contributed by atoms with E-state index in [9.17, 15) is 14.7 Å². The van der Waals surface area contributed by atoms with Crippen LogP contribution < -0.4 is 10.4 Å². The van der Waals surface area contributed by atoms with Gasteiger partial charge in [0.25, 0.3) is 5.91 Å². The lowest BCUT2D eigenvalue weighted by Gasteiger charge is -2.05. The van der Waals surface area contributed by atoms with Crippen molar-refractivity contribution >= 4 is 23.6 Å². The molecule has 0 bridgehead atoms. The van der Waals surface area contributed by atoms with Crippen LogP contribution in [0, 0.1) is 0 Å². The van der Waals surface area contributed by atoms with Crippen LogP contribution in [0.3, 0.4) is 0 Å². The number of phenols is 1. The van der Waals surface area contributed by atoms with Gasteiger partial charge in [-0.2, -0.15) is 0 Å². The minimum absolute atomic E-state index is 0.00263.